The Bertz CT molecular complexity index is 771. The summed E-state index contributed by atoms with van der Waals surface area (Å²) in [5, 5.41) is 0. The van der Waals surface area contributed by atoms with E-state index < -0.39 is 11.6 Å². The van der Waals surface area contributed by atoms with Crippen molar-refractivity contribution in [3.63, 3.8) is 0 Å². The fourth-order valence-electron chi connectivity index (χ4n) is 3.94. The van der Waals surface area contributed by atoms with Crippen molar-refractivity contribution in [3.05, 3.63) is 46.8 Å². The highest BCUT2D eigenvalue weighted by Crippen LogP contribution is 2.52. The largest absolute Gasteiger partial charge is 0.206 e. The maximum atomic E-state index is 14.9. The molecule has 22 heavy (non-hydrogen) atoms. The molecule has 0 aromatic heterocycles. The van der Waals surface area contributed by atoms with E-state index in [1.807, 2.05) is 12.1 Å². The highest BCUT2D eigenvalue weighted by Gasteiger charge is 2.34. The number of hydrogen-bond donors (Lipinski definition) is 0. The van der Waals surface area contributed by atoms with E-state index in [1.54, 1.807) is 6.07 Å². The smallest absolute Gasteiger partial charge is 0.167 e. The van der Waals surface area contributed by atoms with Crippen LogP contribution in [0.4, 0.5) is 13.2 Å². The summed E-state index contributed by atoms with van der Waals surface area (Å²) >= 11 is 0. The van der Waals surface area contributed by atoms with Crippen LogP contribution in [0.25, 0.3) is 22.3 Å². The zero-order valence-electron chi connectivity index (χ0n) is 12.5. The molecule has 2 aromatic rings. The van der Waals surface area contributed by atoms with Gasteiger partial charge in [-0.25, -0.2) is 13.2 Å². The molecule has 2 aliphatic carbocycles. The maximum absolute atomic E-state index is 14.9. The van der Waals surface area contributed by atoms with Gasteiger partial charge in [0.15, 0.2) is 11.6 Å². The Kier molecular flexibility index (Phi) is 3.07. The minimum absolute atomic E-state index is 0.119. The number of aryl methyl sites for hydroxylation is 1. The lowest BCUT2D eigenvalue weighted by atomic mass is 9.75. The van der Waals surface area contributed by atoms with Crippen LogP contribution in [0.5, 0.6) is 0 Å². The molecule has 0 aliphatic heterocycles. The third kappa shape index (κ3) is 1.77. The predicted octanol–water partition coefficient (Wildman–Crippen LogP) is 6.11. The van der Waals surface area contributed by atoms with Crippen molar-refractivity contribution in [1.29, 1.82) is 0 Å². The van der Waals surface area contributed by atoms with Gasteiger partial charge in [-0.1, -0.05) is 31.4 Å². The lowest BCUT2D eigenvalue weighted by Crippen LogP contribution is -2.12. The first kappa shape index (κ1) is 13.9. The highest BCUT2D eigenvalue weighted by molar-refractivity contribution is 6.03. The molecule has 3 heteroatoms. The van der Waals surface area contributed by atoms with Gasteiger partial charge in [0.1, 0.15) is 5.82 Å². The normalized spacial score (nSPS) is 16.9. The van der Waals surface area contributed by atoms with Gasteiger partial charge >= 0.3 is 0 Å². The van der Waals surface area contributed by atoms with E-state index in [-0.39, 0.29) is 28.4 Å². The van der Waals surface area contributed by atoms with Gasteiger partial charge in [-0.2, -0.15) is 0 Å². The average molecular weight is 302 g/mol. The zero-order chi connectivity index (χ0) is 15.4. The minimum atomic E-state index is -0.915. The summed E-state index contributed by atoms with van der Waals surface area (Å²) in [5.74, 6) is -1.92. The third-order valence-electron chi connectivity index (χ3n) is 5.15. The van der Waals surface area contributed by atoms with Crippen LogP contribution in [-0.4, -0.2) is 0 Å². The molecule has 1 fully saturated rings. The Balaban J connectivity index is 1.84. The van der Waals surface area contributed by atoms with E-state index in [0.29, 0.717) is 16.7 Å². The molecule has 2 aliphatic rings. The Morgan fingerprint density at radius 1 is 0.818 bits per heavy atom. The maximum Gasteiger partial charge on any atom is 0.167 e. The van der Waals surface area contributed by atoms with Crippen LogP contribution in [0.1, 0.15) is 49.1 Å². The summed E-state index contributed by atoms with van der Waals surface area (Å²) in [6.07, 6.45) is 5.38. The second-order valence-corrected chi connectivity index (χ2v) is 6.47. The van der Waals surface area contributed by atoms with E-state index in [9.17, 15) is 13.2 Å². The minimum Gasteiger partial charge on any atom is -0.206 e. The topological polar surface area (TPSA) is 0 Å². The van der Waals surface area contributed by atoms with Crippen LogP contribution in [0.3, 0.4) is 0 Å². The quantitative estimate of drug-likeness (QED) is 0.509. The van der Waals surface area contributed by atoms with Crippen molar-refractivity contribution in [2.75, 3.05) is 0 Å². The standard InChI is InChI=1S/C19H17F3/c1-10-9-14-13-8-7-12(11-5-3-2-4-6-11)18(21)15(13)16(14)19(22)17(10)20/h7-9,11H,2-6H2,1H3. The SMILES string of the molecule is Cc1cc2c(c(F)c1F)-c1c-2ccc(C2CCCCC2)c1F. The van der Waals surface area contributed by atoms with Crippen molar-refractivity contribution >= 4 is 0 Å². The predicted molar refractivity (Wildman–Crippen MR) is 81.3 cm³/mol. The van der Waals surface area contributed by atoms with Crippen LogP contribution in [0.15, 0.2) is 18.2 Å². The van der Waals surface area contributed by atoms with E-state index >= 15 is 0 Å². The van der Waals surface area contributed by atoms with Crippen molar-refractivity contribution in [2.24, 2.45) is 0 Å². The molecule has 0 N–H and O–H groups in total. The van der Waals surface area contributed by atoms with Gasteiger partial charge in [-0.05, 0) is 54.0 Å². The van der Waals surface area contributed by atoms with Crippen LogP contribution in [0, 0.1) is 24.4 Å². The monoisotopic (exact) mass is 302 g/mol. The Morgan fingerprint density at radius 2 is 1.50 bits per heavy atom. The third-order valence-corrected chi connectivity index (χ3v) is 5.15. The number of benzene rings is 2. The molecule has 0 heterocycles. The summed E-state index contributed by atoms with van der Waals surface area (Å²) < 4.78 is 42.9. The summed E-state index contributed by atoms with van der Waals surface area (Å²) in [5.41, 5.74) is 2.65. The zero-order valence-corrected chi connectivity index (χ0v) is 12.5. The molecule has 1 saturated carbocycles. The van der Waals surface area contributed by atoms with Gasteiger partial charge in [-0.15, -0.1) is 0 Å². The van der Waals surface area contributed by atoms with Crippen LogP contribution >= 0.6 is 0 Å². The summed E-state index contributed by atoms with van der Waals surface area (Å²) in [4.78, 5) is 0. The summed E-state index contributed by atoms with van der Waals surface area (Å²) in [6, 6.07) is 5.31. The number of rotatable bonds is 1. The molecule has 0 saturated heterocycles. The lowest BCUT2D eigenvalue weighted by Gasteiger charge is -2.30. The van der Waals surface area contributed by atoms with Gasteiger partial charge in [0.2, 0.25) is 0 Å². The van der Waals surface area contributed by atoms with Gasteiger partial charge < -0.3 is 0 Å². The van der Waals surface area contributed by atoms with E-state index in [1.165, 1.54) is 13.3 Å². The van der Waals surface area contributed by atoms with Crippen LogP contribution in [-0.2, 0) is 0 Å². The van der Waals surface area contributed by atoms with Gasteiger partial charge in [0.25, 0.3) is 0 Å². The molecule has 4 rings (SSSR count). The van der Waals surface area contributed by atoms with Gasteiger partial charge in [0, 0.05) is 11.1 Å². The van der Waals surface area contributed by atoms with Crippen LogP contribution < -0.4 is 0 Å². The number of halogens is 3. The second-order valence-electron chi connectivity index (χ2n) is 6.47. The van der Waals surface area contributed by atoms with E-state index in [2.05, 4.69) is 0 Å². The molecule has 0 spiro atoms. The highest BCUT2D eigenvalue weighted by atomic mass is 19.2. The molecule has 0 nitrogen and oxygen atoms in total. The van der Waals surface area contributed by atoms with Crippen LogP contribution in [0.2, 0.25) is 0 Å². The molecule has 114 valence electrons. The van der Waals surface area contributed by atoms with Crippen molar-refractivity contribution in [2.45, 2.75) is 44.9 Å². The molecule has 0 atom stereocenters. The second kappa shape index (κ2) is 4.87. The molecule has 0 bridgehead atoms. The fourth-order valence-corrected chi connectivity index (χ4v) is 3.94. The number of fused-ring (bicyclic) bond motifs is 4. The van der Waals surface area contributed by atoms with Gasteiger partial charge in [-0.3, -0.25) is 0 Å². The van der Waals surface area contributed by atoms with Crippen molar-refractivity contribution in [1.82, 2.24) is 0 Å². The molecule has 0 amide bonds. The fraction of sp³-hybridized carbons (Fsp3) is 0.368. The van der Waals surface area contributed by atoms with Crippen molar-refractivity contribution in [3.8, 4) is 22.3 Å². The summed E-state index contributed by atoms with van der Waals surface area (Å²) in [6.45, 7) is 1.53. The Hall–Kier alpha value is -1.77. The first-order valence-corrected chi connectivity index (χ1v) is 7.91. The summed E-state index contributed by atoms with van der Waals surface area (Å²) in [7, 11) is 0. The molecular weight excluding hydrogens is 285 g/mol. The van der Waals surface area contributed by atoms with E-state index in [0.717, 1.165) is 25.7 Å². The molecule has 0 radical (unpaired) electrons. The van der Waals surface area contributed by atoms with Crippen molar-refractivity contribution < 1.29 is 13.2 Å². The average Bonchev–Trinajstić information content (AvgIpc) is 2.52. The molecular formula is C19H17F3. The molecule has 0 unspecified atom stereocenters. The lowest BCUT2D eigenvalue weighted by molar-refractivity contribution is 0.430. The Labute approximate surface area is 128 Å². The molecule has 2 aromatic carbocycles. The first-order valence-electron chi connectivity index (χ1n) is 7.91. The Morgan fingerprint density at radius 3 is 2.23 bits per heavy atom. The number of hydrogen-bond acceptors (Lipinski definition) is 0. The van der Waals surface area contributed by atoms with E-state index in [4.69, 9.17) is 0 Å². The first-order chi connectivity index (χ1) is 10.6. The van der Waals surface area contributed by atoms with Gasteiger partial charge in [0.05, 0.1) is 0 Å².